The average molecular weight is 240 g/mol. The van der Waals surface area contributed by atoms with Gasteiger partial charge in [0, 0.05) is 0 Å². The van der Waals surface area contributed by atoms with E-state index >= 15 is 0 Å². The standard InChI is InChI=1S/C6H18BrNSi2/c1-9(2,3)8(7)10(4,5)6/h1-6H3. The lowest BCUT2D eigenvalue weighted by Gasteiger charge is -2.37. The molecule has 0 radical (unpaired) electrons. The molecule has 1 nitrogen and oxygen atoms in total. The highest BCUT2D eigenvalue weighted by atomic mass is 79.9. The zero-order valence-corrected chi connectivity index (χ0v) is 11.4. The summed E-state index contributed by atoms with van der Waals surface area (Å²) < 4.78 is 2.47. The molecule has 0 fully saturated rings. The third kappa shape index (κ3) is 3.32. The van der Waals surface area contributed by atoms with Crippen LogP contribution in [-0.4, -0.2) is 19.7 Å². The first-order valence-corrected chi connectivity index (χ1v) is 11.2. The molecular formula is C6H18BrNSi2. The van der Waals surface area contributed by atoms with Crippen LogP contribution in [0.2, 0.25) is 39.3 Å². The molecule has 10 heavy (non-hydrogen) atoms. The predicted octanol–water partition coefficient (Wildman–Crippen LogP) is 3.27. The quantitative estimate of drug-likeness (QED) is 0.529. The summed E-state index contributed by atoms with van der Waals surface area (Å²) >= 11 is 3.68. The normalized spacial score (nSPS) is 14.4. The first-order chi connectivity index (χ1) is 4.15. The molecule has 0 bridgehead atoms. The number of hydrogen-bond acceptors (Lipinski definition) is 1. The minimum absolute atomic E-state index is 1.08. The Labute approximate surface area is 75.3 Å². The second-order valence-electron chi connectivity index (χ2n) is 4.62. The SMILES string of the molecule is C[Si](C)(C)N(Br)[Si](C)(C)C. The van der Waals surface area contributed by atoms with E-state index in [9.17, 15) is 0 Å². The van der Waals surface area contributed by atoms with Crippen molar-refractivity contribution in [3.05, 3.63) is 0 Å². The summed E-state index contributed by atoms with van der Waals surface area (Å²) in [6.07, 6.45) is 0. The van der Waals surface area contributed by atoms with Crippen molar-refractivity contribution >= 4 is 32.6 Å². The Hall–Kier alpha value is 0.874. The van der Waals surface area contributed by atoms with Crippen LogP contribution in [0.15, 0.2) is 0 Å². The van der Waals surface area contributed by atoms with Crippen LogP contribution in [-0.2, 0) is 0 Å². The second kappa shape index (κ2) is 3.09. The summed E-state index contributed by atoms with van der Waals surface area (Å²) in [5.41, 5.74) is 0. The van der Waals surface area contributed by atoms with Gasteiger partial charge >= 0.3 is 0 Å². The van der Waals surface area contributed by atoms with Crippen LogP contribution >= 0.6 is 16.1 Å². The molecule has 0 aliphatic rings. The second-order valence-corrected chi connectivity index (χ2v) is 16.7. The van der Waals surface area contributed by atoms with E-state index < -0.39 is 16.5 Å². The molecule has 0 amide bonds. The smallest absolute Gasteiger partial charge is 0.123 e. The van der Waals surface area contributed by atoms with E-state index in [1.165, 1.54) is 0 Å². The van der Waals surface area contributed by atoms with E-state index in [4.69, 9.17) is 0 Å². The van der Waals surface area contributed by atoms with Gasteiger partial charge in [-0.1, -0.05) is 39.3 Å². The Morgan fingerprint density at radius 3 is 1.00 bits per heavy atom. The Morgan fingerprint density at radius 1 is 0.800 bits per heavy atom. The van der Waals surface area contributed by atoms with E-state index in [0.29, 0.717) is 0 Å². The molecule has 0 aromatic carbocycles. The highest BCUT2D eigenvalue weighted by Gasteiger charge is 2.32. The largest absolute Gasteiger partial charge is 0.285 e. The summed E-state index contributed by atoms with van der Waals surface area (Å²) in [6, 6.07) is 0. The van der Waals surface area contributed by atoms with Gasteiger partial charge in [-0.2, -0.15) is 0 Å². The molecule has 0 aromatic heterocycles. The van der Waals surface area contributed by atoms with Crippen molar-refractivity contribution < 1.29 is 0 Å². The summed E-state index contributed by atoms with van der Waals surface area (Å²) in [6.45, 7) is 14.2. The van der Waals surface area contributed by atoms with Gasteiger partial charge in [0.05, 0.1) is 0 Å². The third-order valence-corrected chi connectivity index (χ3v) is 13.9. The fourth-order valence-corrected chi connectivity index (χ4v) is 9.06. The topological polar surface area (TPSA) is 3.24 Å². The van der Waals surface area contributed by atoms with Crippen molar-refractivity contribution in [1.82, 2.24) is 3.26 Å². The number of hydrogen-bond donors (Lipinski definition) is 0. The first-order valence-electron chi connectivity index (χ1n) is 3.62. The van der Waals surface area contributed by atoms with Crippen LogP contribution in [0.1, 0.15) is 0 Å². The Kier molecular flexibility index (Phi) is 3.36. The molecule has 0 heterocycles. The van der Waals surface area contributed by atoms with Crippen molar-refractivity contribution in [3.63, 3.8) is 0 Å². The van der Waals surface area contributed by atoms with Gasteiger partial charge in [0.25, 0.3) is 0 Å². The lowest BCUT2D eigenvalue weighted by atomic mass is 11.8. The third-order valence-electron chi connectivity index (χ3n) is 1.18. The highest BCUT2D eigenvalue weighted by Crippen LogP contribution is 2.23. The van der Waals surface area contributed by atoms with Crippen molar-refractivity contribution in [3.8, 4) is 0 Å². The molecule has 0 N–H and O–H groups in total. The van der Waals surface area contributed by atoms with E-state index in [-0.39, 0.29) is 0 Å². The molecule has 62 valence electrons. The van der Waals surface area contributed by atoms with Crippen LogP contribution in [0, 0.1) is 0 Å². The summed E-state index contributed by atoms with van der Waals surface area (Å²) in [5.74, 6) is 0. The van der Waals surface area contributed by atoms with Crippen molar-refractivity contribution in [2.75, 3.05) is 0 Å². The van der Waals surface area contributed by atoms with Gasteiger partial charge in [-0.3, -0.25) is 3.26 Å². The maximum atomic E-state index is 3.68. The minimum atomic E-state index is -1.08. The van der Waals surface area contributed by atoms with E-state index in [1.807, 2.05) is 0 Å². The molecule has 0 atom stereocenters. The molecule has 0 aliphatic carbocycles. The van der Waals surface area contributed by atoms with Gasteiger partial charge < -0.3 is 0 Å². The van der Waals surface area contributed by atoms with Gasteiger partial charge in [-0.25, -0.2) is 0 Å². The predicted molar refractivity (Wildman–Crippen MR) is 57.5 cm³/mol. The molecule has 0 aliphatic heterocycles. The monoisotopic (exact) mass is 239 g/mol. The van der Waals surface area contributed by atoms with Crippen LogP contribution in [0.4, 0.5) is 0 Å². The van der Waals surface area contributed by atoms with Gasteiger partial charge in [0.15, 0.2) is 0 Å². The van der Waals surface area contributed by atoms with E-state index in [0.717, 1.165) is 0 Å². The van der Waals surface area contributed by atoms with Gasteiger partial charge in [0.1, 0.15) is 16.5 Å². The lowest BCUT2D eigenvalue weighted by Crippen LogP contribution is -2.52. The maximum absolute atomic E-state index is 3.68. The molecule has 0 saturated carbocycles. The summed E-state index contributed by atoms with van der Waals surface area (Å²) in [5, 5.41) is 0. The lowest BCUT2D eigenvalue weighted by molar-refractivity contribution is 1.03. The van der Waals surface area contributed by atoms with Crippen LogP contribution in [0.5, 0.6) is 0 Å². The molecule has 0 aromatic rings. The van der Waals surface area contributed by atoms with Crippen LogP contribution < -0.4 is 0 Å². The fraction of sp³-hybridized carbons (Fsp3) is 1.00. The van der Waals surface area contributed by atoms with E-state index in [2.05, 4.69) is 58.7 Å². The molecule has 0 spiro atoms. The van der Waals surface area contributed by atoms with Crippen molar-refractivity contribution in [2.24, 2.45) is 0 Å². The first kappa shape index (κ1) is 10.9. The molecule has 0 saturated heterocycles. The number of rotatable bonds is 2. The molecular weight excluding hydrogens is 222 g/mol. The van der Waals surface area contributed by atoms with Crippen LogP contribution in [0.3, 0.4) is 0 Å². The Balaban J connectivity index is 4.23. The van der Waals surface area contributed by atoms with Gasteiger partial charge in [-0.05, 0) is 16.1 Å². The molecule has 0 rings (SSSR count). The fourth-order valence-electron chi connectivity index (χ4n) is 1.01. The van der Waals surface area contributed by atoms with Gasteiger partial charge in [0.2, 0.25) is 0 Å². The number of halogens is 1. The minimum Gasteiger partial charge on any atom is -0.285 e. The highest BCUT2D eigenvalue weighted by molar-refractivity contribution is 9.08. The van der Waals surface area contributed by atoms with Gasteiger partial charge in [-0.15, -0.1) is 0 Å². The summed E-state index contributed by atoms with van der Waals surface area (Å²) in [7, 11) is -2.17. The van der Waals surface area contributed by atoms with Crippen LogP contribution in [0.25, 0.3) is 0 Å². The van der Waals surface area contributed by atoms with E-state index in [1.54, 1.807) is 0 Å². The van der Waals surface area contributed by atoms with Crippen molar-refractivity contribution in [2.45, 2.75) is 39.3 Å². The Bertz CT molecular complexity index is 99.9. The zero-order chi connectivity index (χ0) is 8.58. The molecule has 4 heteroatoms. The van der Waals surface area contributed by atoms with Crippen molar-refractivity contribution in [1.29, 1.82) is 0 Å². The maximum Gasteiger partial charge on any atom is 0.123 e. The Morgan fingerprint density at radius 2 is 1.00 bits per heavy atom. The number of nitrogens with zero attached hydrogens (tertiary/aromatic N) is 1. The summed E-state index contributed by atoms with van der Waals surface area (Å²) in [4.78, 5) is 0. The zero-order valence-electron chi connectivity index (χ0n) is 7.83. The average Bonchev–Trinajstić information content (AvgIpc) is 1.59. The molecule has 0 unspecified atom stereocenters.